The Morgan fingerprint density at radius 1 is 1.00 bits per heavy atom. The van der Waals surface area contributed by atoms with Crippen LogP contribution in [0, 0.1) is 6.92 Å². The maximum absolute atomic E-state index is 12.6. The van der Waals surface area contributed by atoms with Crippen molar-refractivity contribution < 1.29 is 9.21 Å². The maximum atomic E-state index is 12.6. The van der Waals surface area contributed by atoms with Crippen LogP contribution in [-0.4, -0.2) is 10.9 Å². The molecule has 1 amide bonds. The lowest BCUT2D eigenvalue weighted by Crippen LogP contribution is -2.12. The van der Waals surface area contributed by atoms with Gasteiger partial charge in [-0.3, -0.25) is 4.79 Å². The minimum Gasteiger partial charge on any atom is -0.436 e. The number of benzene rings is 4. The van der Waals surface area contributed by atoms with Crippen molar-refractivity contribution in [3.63, 3.8) is 0 Å². The fraction of sp³-hybridized carbons (Fsp3) is 0.0400. The summed E-state index contributed by atoms with van der Waals surface area (Å²) in [7, 11) is 0. The minimum atomic E-state index is -0.271. The van der Waals surface area contributed by atoms with E-state index in [2.05, 4.69) is 32.3 Å². The van der Waals surface area contributed by atoms with Gasteiger partial charge in [0, 0.05) is 15.7 Å². The van der Waals surface area contributed by atoms with Crippen molar-refractivity contribution in [3.8, 4) is 11.5 Å². The first-order valence-corrected chi connectivity index (χ1v) is 10.8. The summed E-state index contributed by atoms with van der Waals surface area (Å²) in [4.78, 5) is 17.3. The molecule has 0 fully saturated rings. The molecule has 6 heteroatoms. The van der Waals surface area contributed by atoms with Crippen LogP contribution in [0.3, 0.4) is 0 Å². The van der Waals surface area contributed by atoms with E-state index in [0.717, 1.165) is 26.4 Å². The molecule has 0 bridgehead atoms. The molecule has 4 nitrogen and oxygen atoms in total. The molecule has 152 valence electrons. The van der Waals surface area contributed by atoms with Gasteiger partial charge in [-0.05, 0) is 65.7 Å². The number of halogens is 2. The number of nitrogens with one attached hydrogen (secondary N) is 1. The van der Waals surface area contributed by atoms with Gasteiger partial charge >= 0.3 is 0 Å². The summed E-state index contributed by atoms with van der Waals surface area (Å²) in [6.45, 7) is 1.93. The minimum absolute atomic E-state index is 0.271. The van der Waals surface area contributed by atoms with Crippen molar-refractivity contribution in [2.24, 2.45) is 0 Å². The highest BCUT2D eigenvalue weighted by Crippen LogP contribution is 2.34. The molecule has 0 aliphatic heterocycles. The van der Waals surface area contributed by atoms with Gasteiger partial charge in [0.2, 0.25) is 5.89 Å². The van der Waals surface area contributed by atoms with Crippen LogP contribution in [0.5, 0.6) is 0 Å². The summed E-state index contributed by atoms with van der Waals surface area (Å²) in [6.07, 6.45) is 0. The standard InChI is InChI=1S/C25H16BrClN2O2/c1-14-8-10-19(21(27)12-14)24(30)28-15-9-11-23-22(13-15)29-25(31-23)18-6-2-5-17-16(18)4-3-7-20(17)26/h2-13H,1H3,(H,28,30). The van der Waals surface area contributed by atoms with Crippen molar-refractivity contribution >= 4 is 61.0 Å². The third kappa shape index (κ3) is 3.71. The van der Waals surface area contributed by atoms with E-state index in [1.165, 1.54) is 0 Å². The zero-order valence-corrected chi connectivity index (χ0v) is 18.8. The zero-order valence-electron chi connectivity index (χ0n) is 16.4. The number of oxazole rings is 1. The Morgan fingerprint density at radius 3 is 2.65 bits per heavy atom. The lowest BCUT2D eigenvalue weighted by Gasteiger charge is -2.07. The van der Waals surface area contributed by atoms with Crippen LogP contribution in [0.1, 0.15) is 15.9 Å². The van der Waals surface area contributed by atoms with Crippen molar-refractivity contribution in [3.05, 3.63) is 93.4 Å². The Hall–Kier alpha value is -3.15. The highest BCUT2D eigenvalue weighted by molar-refractivity contribution is 9.10. The van der Waals surface area contributed by atoms with Crippen LogP contribution in [0.2, 0.25) is 5.02 Å². The van der Waals surface area contributed by atoms with Gasteiger partial charge in [-0.2, -0.15) is 0 Å². The molecule has 0 aliphatic rings. The SMILES string of the molecule is Cc1ccc(C(=O)Nc2ccc3oc(-c4cccc5c(Br)cccc45)nc3c2)c(Cl)c1. The van der Waals surface area contributed by atoms with Crippen molar-refractivity contribution in [2.75, 3.05) is 5.32 Å². The van der Waals surface area contributed by atoms with Gasteiger partial charge in [0.25, 0.3) is 5.91 Å². The molecule has 0 atom stereocenters. The van der Waals surface area contributed by atoms with E-state index in [9.17, 15) is 4.79 Å². The Kier molecular flexibility index (Phi) is 5.00. The van der Waals surface area contributed by atoms with E-state index < -0.39 is 0 Å². The average molecular weight is 492 g/mol. The third-order valence-electron chi connectivity index (χ3n) is 5.11. The summed E-state index contributed by atoms with van der Waals surface area (Å²) in [5.74, 6) is 0.260. The molecule has 5 rings (SSSR count). The lowest BCUT2D eigenvalue weighted by molar-refractivity contribution is 0.102. The fourth-order valence-corrected chi connectivity index (χ4v) is 4.40. The lowest BCUT2D eigenvalue weighted by atomic mass is 10.0. The number of carbonyl (C=O) groups excluding carboxylic acids is 1. The second-order valence-electron chi connectivity index (χ2n) is 7.28. The molecule has 1 heterocycles. The smallest absolute Gasteiger partial charge is 0.257 e. The number of nitrogens with zero attached hydrogens (tertiary/aromatic N) is 1. The first kappa shape index (κ1) is 19.8. The van der Waals surface area contributed by atoms with E-state index in [4.69, 9.17) is 16.0 Å². The van der Waals surface area contributed by atoms with E-state index in [1.807, 2.05) is 43.3 Å². The van der Waals surface area contributed by atoms with Gasteiger partial charge in [-0.1, -0.05) is 57.9 Å². The Morgan fingerprint density at radius 2 is 1.81 bits per heavy atom. The zero-order chi connectivity index (χ0) is 21.5. The van der Waals surface area contributed by atoms with Crippen LogP contribution in [-0.2, 0) is 0 Å². The highest BCUT2D eigenvalue weighted by atomic mass is 79.9. The van der Waals surface area contributed by atoms with Crippen LogP contribution in [0.25, 0.3) is 33.3 Å². The van der Waals surface area contributed by atoms with Crippen LogP contribution < -0.4 is 5.32 Å². The van der Waals surface area contributed by atoms with Gasteiger partial charge in [-0.15, -0.1) is 0 Å². The second-order valence-corrected chi connectivity index (χ2v) is 8.54. The molecule has 31 heavy (non-hydrogen) atoms. The Bertz CT molecular complexity index is 1480. The molecule has 0 spiro atoms. The number of hydrogen-bond acceptors (Lipinski definition) is 3. The fourth-order valence-electron chi connectivity index (χ4n) is 3.58. The van der Waals surface area contributed by atoms with Gasteiger partial charge < -0.3 is 9.73 Å². The van der Waals surface area contributed by atoms with Crippen LogP contribution in [0.4, 0.5) is 5.69 Å². The molecular formula is C25H16BrClN2O2. The van der Waals surface area contributed by atoms with Crippen molar-refractivity contribution in [2.45, 2.75) is 6.92 Å². The first-order chi connectivity index (χ1) is 15.0. The van der Waals surface area contributed by atoms with E-state index >= 15 is 0 Å². The number of rotatable bonds is 3. The molecule has 0 saturated carbocycles. The molecule has 5 aromatic rings. The number of carbonyl (C=O) groups is 1. The molecule has 4 aromatic carbocycles. The topological polar surface area (TPSA) is 55.1 Å². The van der Waals surface area contributed by atoms with Crippen molar-refractivity contribution in [1.82, 2.24) is 4.98 Å². The van der Waals surface area contributed by atoms with Gasteiger partial charge in [0.15, 0.2) is 5.58 Å². The number of aryl methyl sites for hydroxylation is 1. The summed E-state index contributed by atoms with van der Waals surface area (Å²) >= 11 is 9.82. The summed E-state index contributed by atoms with van der Waals surface area (Å²) in [5.41, 5.74) is 4.26. The molecule has 0 unspecified atom stereocenters. The predicted molar refractivity (Wildman–Crippen MR) is 129 cm³/mol. The number of anilines is 1. The molecule has 1 N–H and O–H groups in total. The summed E-state index contributed by atoms with van der Waals surface area (Å²) in [6, 6.07) is 22.8. The molecule has 0 saturated heterocycles. The summed E-state index contributed by atoms with van der Waals surface area (Å²) in [5, 5.41) is 5.44. The third-order valence-corrected chi connectivity index (χ3v) is 6.12. The van der Waals surface area contributed by atoms with Gasteiger partial charge in [-0.25, -0.2) is 4.98 Å². The Balaban J connectivity index is 1.50. The number of amides is 1. The monoisotopic (exact) mass is 490 g/mol. The number of aromatic nitrogens is 1. The number of fused-ring (bicyclic) bond motifs is 2. The van der Waals surface area contributed by atoms with Crippen molar-refractivity contribution in [1.29, 1.82) is 0 Å². The van der Waals surface area contributed by atoms with E-state index in [0.29, 0.717) is 33.3 Å². The van der Waals surface area contributed by atoms with Crippen LogP contribution >= 0.6 is 27.5 Å². The van der Waals surface area contributed by atoms with E-state index in [1.54, 1.807) is 30.3 Å². The number of hydrogen-bond donors (Lipinski definition) is 1. The van der Waals surface area contributed by atoms with Gasteiger partial charge in [0.05, 0.1) is 10.6 Å². The van der Waals surface area contributed by atoms with Gasteiger partial charge in [0.1, 0.15) is 5.52 Å². The molecule has 0 aliphatic carbocycles. The highest BCUT2D eigenvalue weighted by Gasteiger charge is 2.15. The molecule has 0 radical (unpaired) electrons. The predicted octanol–water partition coefficient (Wildman–Crippen LogP) is 7.62. The molecule has 1 aromatic heterocycles. The quantitative estimate of drug-likeness (QED) is 0.282. The van der Waals surface area contributed by atoms with E-state index in [-0.39, 0.29) is 5.91 Å². The normalized spacial score (nSPS) is 11.2. The van der Waals surface area contributed by atoms with Crippen LogP contribution in [0.15, 0.2) is 81.7 Å². The average Bonchev–Trinajstić information content (AvgIpc) is 3.17. The summed E-state index contributed by atoms with van der Waals surface area (Å²) < 4.78 is 7.04. The Labute approximate surface area is 192 Å². The largest absolute Gasteiger partial charge is 0.436 e. The maximum Gasteiger partial charge on any atom is 0.257 e. The first-order valence-electron chi connectivity index (χ1n) is 9.65. The second kappa shape index (κ2) is 7.84. The molecular weight excluding hydrogens is 476 g/mol.